The Morgan fingerprint density at radius 1 is 0.933 bits per heavy atom. The largest absolute Gasteiger partial charge is 0.448 e. The van der Waals surface area contributed by atoms with Crippen LogP contribution in [0.3, 0.4) is 0 Å². The number of carbonyl (C=O) groups is 2. The fraction of sp³-hybridized carbons (Fsp3) is 0.391. The molecular weight excluding hydrogens is 382 g/mol. The molecule has 2 aromatic rings. The molecule has 0 atom stereocenters. The molecule has 0 radical (unpaired) electrons. The Kier molecular flexibility index (Phi) is 5.79. The molecular formula is C23H27N3O4. The van der Waals surface area contributed by atoms with Crippen LogP contribution < -0.4 is 25.4 Å². The van der Waals surface area contributed by atoms with Crippen LogP contribution in [0, 0.1) is 6.92 Å². The molecule has 3 amide bonds. The Morgan fingerprint density at radius 2 is 1.67 bits per heavy atom. The first-order valence-corrected chi connectivity index (χ1v) is 10.4. The van der Waals surface area contributed by atoms with Gasteiger partial charge in [-0.1, -0.05) is 36.2 Å². The van der Waals surface area contributed by atoms with E-state index in [1.165, 1.54) is 6.42 Å². The zero-order valence-electron chi connectivity index (χ0n) is 17.1. The third kappa shape index (κ3) is 4.84. The van der Waals surface area contributed by atoms with Crippen LogP contribution in [0.2, 0.25) is 0 Å². The van der Waals surface area contributed by atoms with E-state index in [0.29, 0.717) is 23.7 Å². The second-order valence-corrected chi connectivity index (χ2v) is 7.91. The monoisotopic (exact) mass is 409 g/mol. The number of rotatable bonds is 5. The van der Waals surface area contributed by atoms with Crippen LogP contribution in [0.1, 0.15) is 43.2 Å². The Labute approximate surface area is 176 Å². The predicted octanol–water partition coefficient (Wildman–Crippen LogP) is 3.86. The van der Waals surface area contributed by atoms with Gasteiger partial charge in [0.1, 0.15) is 0 Å². The van der Waals surface area contributed by atoms with Crippen LogP contribution >= 0.6 is 0 Å². The number of aryl methyl sites for hydroxylation is 1. The third-order valence-electron chi connectivity index (χ3n) is 5.42. The zero-order chi connectivity index (χ0) is 21.0. The summed E-state index contributed by atoms with van der Waals surface area (Å²) in [7, 11) is 0. The van der Waals surface area contributed by atoms with Crippen molar-refractivity contribution in [2.24, 2.45) is 0 Å². The quantitative estimate of drug-likeness (QED) is 0.700. The van der Waals surface area contributed by atoms with Gasteiger partial charge in [-0.05, 0) is 37.5 Å². The summed E-state index contributed by atoms with van der Waals surface area (Å²) in [6.45, 7) is 2.28. The van der Waals surface area contributed by atoms with Crippen molar-refractivity contribution in [3.63, 3.8) is 0 Å². The highest BCUT2D eigenvalue weighted by Crippen LogP contribution is 2.46. The summed E-state index contributed by atoms with van der Waals surface area (Å²) in [4.78, 5) is 24.1. The zero-order valence-corrected chi connectivity index (χ0v) is 17.1. The van der Waals surface area contributed by atoms with E-state index in [0.717, 1.165) is 36.8 Å². The number of amides is 3. The minimum atomic E-state index is -0.541. The number of benzene rings is 2. The van der Waals surface area contributed by atoms with E-state index < -0.39 is 11.8 Å². The standard InChI is InChI=1S/C23H27N3O4/c1-16-5-7-17(8-6-16)14-24-22(28)25-15-21(27)26-18-9-10-19-20(13-18)30-23(29-19)11-3-2-4-12-23/h5-10,13H,2-4,11-12,14-15H2,1H3,(H,26,27)(H2,24,25,28). The number of urea groups is 1. The highest BCUT2D eigenvalue weighted by atomic mass is 16.7. The molecule has 30 heavy (non-hydrogen) atoms. The molecule has 3 N–H and O–H groups in total. The summed E-state index contributed by atoms with van der Waals surface area (Å²) in [5, 5.41) is 8.08. The number of hydrogen-bond donors (Lipinski definition) is 3. The molecule has 0 saturated heterocycles. The third-order valence-corrected chi connectivity index (χ3v) is 5.42. The molecule has 7 nitrogen and oxygen atoms in total. The van der Waals surface area contributed by atoms with Crippen LogP contribution in [0.4, 0.5) is 10.5 Å². The van der Waals surface area contributed by atoms with Crippen LogP contribution in [0.25, 0.3) is 0 Å². The number of fused-ring (bicyclic) bond motifs is 1. The van der Waals surface area contributed by atoms with Crippen molar-refractivity contribution in [3.05, 3.63) is 53.6 Å². The average Bonchev–Trinajstić information content (AvgIpc) is 3.08. The summed E-state index contributed by atoms with van der Waals surface area (Å²) >= 11 is 0. The molecule has 1 spiro atoms. The second-order valence-electron chi connectivity index (χ2n) is 7.91. The van der Waals surface area contributed by atoms with Gasteiger partial charge in [0.25, 0.3) is 5.79 Å². The Balaban J connectivity index is 1.23. The first-order chi connectivity index (χ1) is 14.5. The molecule has 2 aromatic carbocycles. The van der Waals surface area contributed by atoms with E-state index in [4.69, 9.17) is 9.47 Å². The van der Waals surface area contributed by atoms with Crippen LogP contribution in [-0.4, -0.2) is 24.3 Å². The van der Waals surface area contributed by atoms with Gasteiger partial charge < -0.3 is 25.4 Å². The van der Waals surface area contributed by atoms with E-state index in [2.05, 4.69) is 16.0 Å². The first-order valence-electron chi connectivity index (χ1n) is 10.4. The fourth-order valence-electron chi connectivity index (χ4n) is 3.78. The minimum Gasteiger partial charge on any atom is -0.448 e. The normalized spacial score (nSPS) is 16.2. The van der Waals surface area contributed by atoms with Gasteiger partial charge in [-0.2, -0.15) is 0 Å². The average molecular weight is 409 g/mol. The molecule has 158 valence electrons. The minimum absolute atomic E-state index is 0.127. The maximum Gasteiger partial charge on any atom is 0.315 e. The topological polar surface area (TPSA) is 88.7 Å². The van der Waals surface area contributed by atoms with Gasteiger partial charge in [0.2, 0.25) is 5.91 Å². The Hall–Kier alpha value is -3.22. The van der Waals surface area contributed by atoms with Crippen LogP contribution in [0.5, 0.6) is 11.5 Å². The molecule has 0 bridgehead atoms. The number of carbonyl (C=O) groups excluding carboxylic acids is 2. The molecule has 1 heterocycles. The molecule has 4 rings (SSSR count). The molecule has 2 aliphatic rings. The maximum atomic E-state index is 12.2. The van der Waals surface area contributed by atoms with Crippen molar-refractivity contribution in [1.82, 2.24) is 10.6 Å². The second kappa shape index (κ2) is 8.65. The summed E-state index contributed by atoms with van der Waals surface area (Å²) in [6, 6.07) is 12.9. The van der Waals surface area contributed by atoms with E-state index in [1.54, 1.807) is 12.1 Å². The smallest absolute Gasteiger partial charge is 0.315 e. The van der Waals surface area contributed by atoms with Crippen molar-refractivity contribution < 1.29 is 19.1 Å². The first kappa shape index (κ1) is 20.1. The van der Waals surface area contributed by atoms with Crippen LogP contribution in [-0.2, 0) is 11.3 Å². The van der Waals surface area contributed by atoms with Gasteiger partial charge in [0, 0.05) is 31.1 Å². The van der Waals surface area contributed by atoms with Gasteiger partial charge in [-0.15, -0.1) is 0 Å². The molecule has 1 aliphatic carbocycles. The molecule has 0 unspecified atom stereocenters. The van der Waals surface area contributed by atoms with Crippen LogP contribution in [0.15, 0.2) is 42.5 Å². The van der Waals surface area contributed by atoms with Crippen molar-refractivity contribution in [2.75, 3.05) is 11.9 Å². The number of nitrogens with one attached hydrogen (secondary N) is 3. The van der Waals surface area contributed by atoms with E-state index in [1.807, 2.05) is 37.3 Å². The molecule has 0 aromatic heterocycles. The summed E-state index contributed by atoms with van der Waals surface area (Å²) in [5.74, 6) is 0.508. The highest BCUT2D eigenvalue weighted by Gasteiger charge is 2.42. The van der Waals surface area contributed by atoms with E-state index in [9.17, 15) is 9.59 Å². The van der Waals surface area contributed by atoms with E-state index >= 15 is 0 Å². The van der Waals surface area contributed by atoms with Crippen molar-refractivity contribution >= 4 is 17.6 Å². The molecule has 1 aliphatic heterocycles. The highest BCUT2D eigenvalue weighted by molar-refractivity contribution is 5.94. The van der Waals surface area contributed by atoms with E-state index in [-0.39, 0.29) is 12.5 Å². The molecule has 1 fully saturated rings. The Morgan fingerprint density at radius 3 is 2.43 bits per heavy atom. The molecule has 1 saturated carbocycles. The van der Waals surface area contributed by atoms with Gasteiger partial charge in [0.15, 0.2) is 11.5 Å². The summed E-state index contributed by atoms with van der Waals surface area (Å²) in [6.07, 6.45) is 5.15. The van der Waals surface area contributed by atoms with Gasteiger partial charge >= 0.3 is 6.03 Å². The lowest BCUT2D eigenvalue weighted by Crippen LogP contribution is -2.40. The van der Waals surface area contributed by atoms with Crippen molar-refractivity contribution in [1.29, 1.82) is 0 Å². The van der Waals surface area contributed by atoms with Crippen molar-refractivity contribution in [3.8, 4) is 11.5 Å². The van der Waals surface area contributed by atoms with Crippen molar-refractivity contribution in [2.45, 2.75) is 51.4 Å². The number of ether oxygens (including phenoxy) is 2. The summed E-state index contributed by atoms with van der Waals surface area (Å²) < 4.78 is 12.1. The van der Waals surface area contributed by atoms with Gasteiger partial charge in [-0.3, -0.25) is 4.79 Å². The SMILES string of the molecule is Cc1ccc(CNC(=O)NCC(=O)Nc2ccc3c(c2)OC2(CCCCC2)O3)cc1. The number of hydrogen-bond acceptors (Lipinski definition) is 4. The predicted molar refractivity (Wildman–Crippen MR) is 114 cm³/mol. The fourth-order valence-corrected chi connectivity index (χ4v) is 3.78. The lowest BCUT2D eigenvalue weighted by molar-refractivity contribution is -0.115. The lowest BCUT2D eigenvalue weighted by atomic mass is 9.94. The van der Waals surface area contributed by atoms with Gasteiger partial charge in [-0.25, -0.2) is 4.79 Å². The number of anilines is 1. The van der Waals surface area contributed by atoms with Gasteiger partial charge in [0.05, 0.1) is 6.54 Å². The Bertz CT molecular complexity index is 921. The molecule has 7 heteroatoms. The summed E-state index contributed by atoms with van der Waals surface area (Å²) in [5.41, 5.74) is 2.77. The lowest BCUT2D eigenvalue weighted by Gasteiger charge is -2.31. The maximum absolute atomic E-state index is 12.2.